The van der Waals surface area contributed by atoms with Gasteiger partial charge in [-0.15, -0.1) is 0 Å². The smallest absolute Gasteiger partial charge is 0.266 e. The van der Waals surface area contributed by atoms with Crippen LogP contribution in [0.5, 0.6) is 5.75 Å². The van der Waals surface area contributed by atoms with Crippen LogP contribution in [0.15, 0.2) is 75.2 Å². The zero-order valence-corrected chi connectivity index (χ0v) is 20.5. The Balaban J connectivity index is 1.70. The first kappa shape index (κ1) is 23.4. The number of halogens is 4. The van der Waals surface area contributed by atoms with E-state index < -0.39 is 5.91 Å². The van der Waals surface area contributed by atoms with Gasteiger partial charge in [-0.3, -0.25) is 4.79 Å². The van der Waals surface area contributed by atoms with E-state index in [9.17, 15) is 10.1 Å². The summed E-state index contributed by atoms with van der Waals surface area (Å²) in [6, 6.07) is 19.6. The second kappa shape index (κ2) is 10.8. The molecule has 0 aliphatic carbocycles. The van der Waals surface area contributed by atoms with E-state index in [1.54, 1.807) is 54.6 Å². The normalized spacial score (nSPS) is 11.0. The van der Waals surface area contributed by atoms with Crippen molar-refractivity contribution in [3.8, 4) is 11.8 Å². The average molecular weight is 581 g/mol. The Bertz CT molecular complexity index is 1190. The van der Waals surface area contributed by atoms with Gasteiger partial charge in [-0.05, 0) is 81.7 Å². The molecule has 3 aromatic rings. The summed E-state index contributed by atoms with van der Waals surface area (Å²) < 4.78 is 7.41. The molecule has 0 bridgehead atoms. The Morgan fingerprint density at radius 1 is 1.03 bits per heavy atom. The van der Waals surface area contributed by atoms with E-state index in [0.29, 0.717) is 38.1 Å². The Labute approximate surface area is 206 Å². The third-order valence-electron chi connectivity index (χ3n) is 4.11. The number of hydrogen-bond donors (Lipinski definition) is 1. The lowest BCUT2D eigenvalue weighted by Crippen LogP contribution is -2.13. The number of nitrogens with one attached hydrogen (secondary N) is 1. The summed E-state index contributed by atoms with van der Waals surface area (Å²) in [5.41, 5.74) is 2.14. The minimum Gasteiger partial charge on any atom is -0.488 e. The van der Waals surface area contributed by atoms with Crippen LogP contribution in [-0.4, -0.2) is 5.91 Å². The molecule has 0 atom stereocenters. The summed E-state index contributed by atoms with van der Waals surface area (Å²) in [4.78, 5) is 12.4. The molecule has 0 saturated carbocycles. The molecular weight excluding hydrogens is 567 g/mol. The standard InChI is InChI=1S/C23H14Br2Cl2N2O2/c24-17-3-5-18(6-4-17)29-23(30)16(12-28)9-14-2-8-22(19(25)10-14)31-13-15-1-7-20(26)21(27)11-15/h1-11H,13H2,(H,29,30)/b16-9-. The number of amides is 1. The maximum Gasteiger partial charge on any atom is 0.266 e. The van der Waals surface area contributed by atoms with Crippen molar-refractivity contribution in [1.82, 2.24) is 0 Å². The molecule has 0 heterocycles. The molecule has 3 aromatic carbocycles. The molecule has 0 aliphatic rings. The van der Waals surface area contributed by atoms with Gasteiger partial charge in [0.2, 0.25) is 0 Å². The van der Waals surface area contributed by atoms with Gasteiger partial charge in [0.15, 0.2) is 0 Å². The van der Waals surface area contributed by atoms with E-state index in [-0.39, 0.29) is 5.57 Å². The van der Waals surface area contributed by atoms with Gasteiger partial charge < -0.3 is 10.1 Å². The lowest BCUT2D eigenvalue weighted by molar-refractivity contribution is -0.112. The molecule has 156 valence electrons. The highest BCUT2D eigenvalue weighted by atomic mass is 79.9. The van der Waals surface area contributed by atoms with Crippen molar-refractivity contribution in [2.24, 2.45) is 0 Å². The van der Waals surface area contributed by atoms with Crippen molar-refractivity contribution in [1.29, 1.82) is 5.26 Å². The average Bonchev–Trinajstić information content (AvgIpc) is 2.75. The first-order valence-corrected chi connectivity index (χ1v) is 11.2. The van der Waals surface area contributed by atoms with E-state index in [0.717, 1.165) is 10.0 Å². The fourth-order valence-corrected chi connectivity index (χ4v) is 3.66. The fraction of sp³-hybridized carbons (Fsp3) is 0.0435. The molecule has 0 aliphatic heterocycles. The number of nitrogens with zero attached hydrogens (tertiary/aromatic N) is 1. The van der Waals surface area contributed by atoms with Crippen LogP contribution in [0.3, 0.4) is 0 Å². The lowest BCUT2D eigenvalue weighted by Gasteiger charge is -2.10. The van der Waals surface area contributed by atoms with E-state index >= 15 is 0 Å². The third kappa shape index (κ3) is 6.59. The Morgan fingerprint density at radius 3 is 2.42 bits per heavy atom. The Hall–Kier alpha value is -2.30. The molecule has 1 N–H and O–H groups in total. The number of nitriles is 1. The van der Waals surface area contributed by atoms with Gasteiger partial charge in [-0.25, -0.2) is 0 Å². The van der Waals surface area contributed by atoms with Crippen molar-refractivity contribution in [3.05, 3.63) is 96.4 Å². The summed E-state index contributed by atoms with van der Waals surface area (Å²) in [6.45, 7) is 0.309. The minimum absolute atomic E-state index is 0.0145. The summed E-state index contributed by atoms with van der Waals surface area (Å²) in [5.74, 6) is 0.127. The number of rotatable bonds is 6. The summed E-state index contributed by atoms with van der Waals surface area (Å²) >= 11 is 18.8. The summed E-state index contributed by atoms with van der Waals surface area (Å²) in [7, 11) is 0. The van der Waals surface area contributed by atoms with Crippen LogP contribution in [-0.2, 0) is 11.4 Å². The summed E-state index contributed by atoms with van der Waals surface area (Å²) in [5, 5.41) is 13.1. The van der Waals surface area contributed by atoms with Crippen LogP contribution < -0.4 is 10.1 Å². The van der Waals surface area contributed by atoms with Gasteiger partial charge in [0.25, 0.3) is 5.91 Å². The molecule has 0 radical (unpaired) electrons. The second-order valence-corrected chi connectivity index (χ2v) is 8.94. The number of hydrogen-bond acceptors (Lipinski definition) is 3. The number of carbonyl (C=O) groups excluding carboxylic acids is 1. The van der Waals surface area contributed by atoms with Crippen molar-refractivity contribution < 1.29 is 9.53 Å². The maximum absolute atomic E-state index is 12.4. The molecule has 0 saturated heterocycles. The number of anilines is 1. The lowest BCUT2D eigenvalue weighted by atomic mass is 10.1. The van der Waals surface area contributed by atoms with Gasteiger partial charge in [0, 0.05) is 10.2 Å². The van der Waals surface area contributed by atoms with Gasteiger partial charge in [0.1, 0.15) is 24.0 Å². The molecule has 0 unspecified atom stereocenters. The van der Waals surface area contributed by atoms with Crippen molar-refractivity contribution in [2.45, 2.75) is 6.61 Å². The van der Waals surface area contributed by atoms with E-state index in [2.05, 4.69) is 37.2 Å². The largest absolute Gasteiger partial charge is 0.488 e. The Kier molecular flexibility index (Phi) is 8.16. The number of ether oxygens (including phenoxy) is 1. The molecule has 3 rings (SSSR count). The number of carbonyl (C=O) groups is 1. The maximum atomic E-state index is 12.4. The third-order valence-corrected chi connectivity index (χ3v) is 6.00. The van der Waals surface area contributed by atoms with E-state index in [4.69, 9.17) is 27.9 Å². The zero-order chi connectivity index (χ0) is 22.4. The molecule has 31 heavy (non-hydrogen) atoms. The predicted molar refractivity (Wildman–Crippen MR) is 131 cm³/mol. The molecule has 0 aromatic heterocycles. The van der Waals surface area contributed by atoms with Gasteiger partial charge >= 0.3 is 0 Å². The van der Waals surface area contributed by atoms with Crippen LogP contribution in [0, 0.1) is 11.3 Å². The molecule has 4 nitrogen and oxygen atoms in total. The van der Waals surface area contributed by atoms with E-state index in [1.165, 1.54) is 6.08 Å². The van der Waals surface area contributed by atoms with Crippen LogP contribution in [0.4, 0.5) is 5.69 Å². The molecular formula is C23H14Br2Cl2N2O2. The van der Waals surface area contributed by atoms with E-state index in [1.807, 2.05) is 12.1 Å². The van der Waals surface area contributed by atoms with Crippen molar-refractivity contribution in [3.63, 3.8) is 0 Å². The second-order valence-electron chi connectivity index (χ2n) is 6.36. The highest BCUT2D eigenvalue weighted by molar-refractivity contribution is 9.10. The zero-order valence-electron chi connectivity index (χ0n) is 15.8. The fourth-order valence-electron chi connectivity index (χ4n) is 2.56. The van der Waals surface area contributed by atoms with Gasteiger partial charge in [0.05, 0.1) is 14.5 Å². The van der Waals surface area contributed by atoms with Crippen molar-refractivity contribution in [2.75, 3.05) is 5.32 Å². The van der Waals surface area contributed by atoms with Crippen molar-refractivity contribution >= 4 is 72.7 Å². The topological polar surface area (TPSA) is 62.1 Å². The summed E-state index contributed by atoms with van der Waals surface area (Å²) in [6.07, 6.45) is 1.52. The molecule has 0 spiro atoms. The SMILES string of the molecule is N#C/C(=C/c1ccc(OCc2ccc(Cl)c(Cl)c2)c(Br)c1)C(=O)Nc1ccc(Br)cc1. The molecule has 0 fully saturated rings. The van der Waals surface area contributed by atoms with Crippen LogP contribution >= 0.6 is 55.1 Å². The first-order chi connectivity index (χ1) is 14.9. The first-order valence-electron chi connectivity index (χ1n) is 8.90. The monoisotopic (exact) mass is 578 g/mol. The van der Waals surface area contributed by atoms with Gasteiger partial charge in [-0.2, -0.15) is 5.26 Å². The highest BCUT2D eigenvalue weighted by Gasteiger charge is 2.11. The molecule has 1 amide bonds. The van der Waals surface area contributed by atoms with Crippen LogP contribution in [0.25, 0.3) is 6.08 Å². The highest BCUT2D eigenvalue weighted by Crippen LogP contribution is 2.29. The quantitative estimate of drug-likeness (QED) is 0.241. The Morgan fingerprint density at radius 2 is 1.77 bits per heavy atom. The van der Waals surface area contributed by atoms with Crippen LogP contribution in [0.1, 0.15) is 11.1 Å². The van der Waals surface area contributed by atoms with Crippen LogP contribution in [0.2, 0.25) is 10.0 Å². The molecule has 8 heteroatoms. The minimum atomic E-state index is -0.485. The number of benzene rings is 3. The predicted octanol–water partition coefficient (Wildman–Crippen LogP) is 7.64. The van der Waals surface area contributed by atoms with Gasteiger partial charge in [-0.1, -0.05) is 51.3 Å².